The molecule has 1 rings (SSSR count). The Morgan fingerprint density at radius 3 is 2.47 bits per heavy atom. The lowest BCUT2D eigenvalue weighted by Gasteiger charge is -2.10. The van der Waals surface area contributed by atoms with E-state index in [0.717, 1.165) is 5.56 Å². The van der Waals surface area contributed by atoms with Crippen molar-refractivity contribution in [3.05, 3.63) is 29.8 Å². The van der Waals surface area contributed by atoms with Crippen molar-refractivity contribution in [2.75, 3.05) is 12.9 Å². The quantitative estimate of drug-likeness (QED) is 0.581. The van der Waals surface area contributed by atoms with Crippen molar-refractivity contribution in [2.24, 2.45) is 0 Å². The van der Waals surface area contributed by atoms with E-state index in [4.69, 9.17) is 4.74 Å². The molecule has 3 heteroatoms. The minimum Gasteiger partial charge on any atom is -0.466 e. The molecule has 1 aromatic carbocycles. The summed E-state index contributed by atoms with van der Waals surface area (Å²) in [6.45, 7) is 4.12. The Bertz CT molecular complexity index is 319. The van der Waals surface area contributed by atoms with Gasteiger partial charge in [0.25, 0.3) is 0 Å². The van der Waals surface area contributed by atoms with Crippen LogP contribution in [0.1, 0.15) is 25.3 Å². The van der Waals surface area contributed by atoms with Crippen molar-refractivity contribution in [2.45, 2.75) is 24.7 Å². The molecule has 2 nitrogen and oxygen atoms in total. The molecule has 0 aromatic heterocycles. The molecule has 0 spiro atoms. The highest BCUT2D eigenvalue weighted by Crippen LogP contribution is 2.21. The predicted molar refractivity (Wildman–Crippen MR) is 63.3 cm³/mol. The second kappa shape index (κ2) is 5.81. The van der Waals surface area contributed by atoms with Crippen LogP contribution in [-0.2, 0) is 9.53 Å². The van der Waals surface area contributed by atoms with Crippen molar-refractivity contribution >= 4 is 17.7 Å². The van der Waals surface area contributed by atoms with Crippen LogP contribution < -0.4 is 0 Å². The number of rotatable bonds is 4. The van der Waals surface area contributed by atoms with Crippen LogP contribution >= 0.6 is 11.8 Å². The molecule has 0 saturated heterocycles. The number of thioether (sulfide) groups is 1. The van der Waals surface area contributed by atoms with E-state index in [0.29, 0.717) is 6.61 Å². The number of hydrogen-bond acceptors (Lipinski definition) is 3. The molecule has 0 bridgehead atoms. The van der Waals surface area contributed by atoms with Gasteiger partial charge in [0.05, 0.1) is 12.5 Å². The zero-order valence-electron chi connectivity index (χ0n) is 9.32. The predicted octanol–water partition coefficient (Wildman–Crippen LogP) is 3.08. The Balaban J connectivity index is 2.73. The Kier molecular flexibility index (Phi) is 4.69. The first kappa shape index (κ1) is 12.1. The topological polar surface area (TPSA) is 26.3 Å². The molecule has 15 heavy (non-hydrogen) atoms. The van der Waals surface area contributed by atoms with Crippen LogP contribution in [0.4, 0.5) is 0 Å². The highest BCUT2D eigenvalue weighted by molar-refractivity contribution is 7.98. The molecular weight excluding hydrogens is 208 g/mol. The lowest BCUT2D eigenvalue weighted by atomic mass is 10.0. The highest BCUT2D eigenvalue weighted by atomic mass is 32.2. The van der Waals surface area contributed by atoms with Crippen LogP contribution in [0.3, 0.4) is 0 Å². The molecule has 1 aromatic rings. The number of benzene rings is 1. The summed E-state index contributed by atoms with van der Waals surface area (Å²) >= 11 is 1.69. The Morgan fingerprint density at radius 1 is 1.40 bits per heavy atom. The molecule has 0 saturated carbocycles. The van der Waals surface area contributed by atoms with Gasteiger partial charge in [0.2, 0.25) is 0 Å². The van der Waals surface area contributed by atoms with Gasteiger partial charge in [-0.3, -0.25) is 4.79 Å². The normalized spacial score (nSPS) is 12.2. The summed E-state index contributed by atoms with van der Waals surface area (Å²) in [6, 6.07) is 8.01. The maximum absolute atomic E-state index is 11.5. The van der Waals surface area contributed by atoms with E-state index < -0.39 is 0 Å². The molecule has 0 N–H and O–H groups in total. The van der Waals surface area contributed by atoms with Gasteiger partial charge < -0.3 is 4.74 Å². The molecule has 82 valence electrons. The van der Waals surface area contributed by atoms with Gasteiger partial charge in [-0.15, -0.1) is 11.8 Å². The monoisotopic (exact) mass is 224 g/mol. The lowest BCUT2D eigenvalue weighted by molar-refractivity contribution is -0.144. The van der Waals surface area contributed by atoms with Crippen LogP contribution in [0.15, 0.2) is 29.2 Å². The van der Waals surface area contributed by atoms with Gasteiger partial charge in [-0.25, -0.2) is 0 Å². The summed E-state index contributed by atoms with van der Waals surface area (Å²) < 4.78 is 4.97. The number of hydrogen-bond donors (Lipinski definition) is 0. The highest BCUT2D eigenvalue weighted by Gasteiger charge is 2.15. The van der Waals surface area contributed by atoms with Crippen molar-refractivity contribution in [1.29, 1.82) is 0 Å². The number of carbonyl (C=O) groups excluding carboxylic acids is 1. The minimum atomic E-state index is -0.180. The summed E-state index contributed by atoms with van der Waals surface area (Å²) in [4.78, 5) is 12.7. The standard InChI is InChI=1S/C12H16O2S/c1-4-14-12(13)9(2)10-5-7-11(15-3)8-6-10/h5-9H,4H2,1-3H3. The average Bonchev–Trinajstić information content (AvgIpc) is 2.28. The Labute approximate surface area is 95.0 Å². The first-order valence-corrected chi connectivity index (χ1v) is 6.22. The van der Waals surface area contributed by atoms with E-state index in [2.05, 4.69) is 0 Å². The van der Waals surface area contributed by atoms with E-state index >= 15 is 0 Å². The number of carbonyl (C=O) groups is 1. The minimum absolute atomic E-state index is 0.158. The van der Waals surface area contributed by atoms with E-state index in [9.17, 15) is 4.79 Å². The molecular formula is C12H16O2S. The summed E-state index contributed by atoms with van der Waals surface area (Å²) in [5, 5.41) is 0. The van der Waals surface area contributed by atoms with E-state index in [1.54, 1.807) is 11.8 Å². The van der Waals surface area contributed by atoms with Gasteiger partial charge in [0.15, 0.2) is 0 Å². The van der Waals surface area contributed by atoms with Gasteiger partial charge in [-0.05, 0) is 37.8 Å². The summed E-state index contributed by atoms with van der Waals surface area (Å²) in [6.07, 6.45) is 2.03. The van der Waals surface area contributed by atoms with Gasteiger partial charge in [0, 0.05) is 4.90 Å². The third-order valence-electron chi connectivity index (χ3n) is 2.26. The second-order valence-electron chi connectivity index (χ2n) is 3.25. The third kappa shape index (κ3) is 3.27. The molecule has 0 aliphatic heterocycles. The maximum Gasteiger partial charge on any atom is 0.313 e. The van der Waals surface area contributed by atoms with Gasteiger partial charge >= 0.3 is 5.97 Å². The molecule has 0 aliphatic carbocycles. The van der Waals surface area contributed by atoms with E-state index in [1.165, 1.54) is 4.90 Å². The molecule has 0 amide bonds. The fourth-order valence-electron chi connectivity index (χ4n) is 1.30. The van der Waals surface area contributed by atoms with E-state index in [1.807, 2.05) is 44.4 Å². The smallest absolute Gasteiger partial charge is 0.313 e. The first-order valence-electron chi connectivity index (χ1n) is 4.99. The fraction of sp³-hybridized carbons (Fsp3) is 0.417. The van der Waals surface area contributed by atoms with Gasteiger partial charge in [-0.1, -0.05) is 12.1 Å². The van der Waals surface area contributed by atoms with Crippen LogP contribution in [0.5, 0.6) is 0 Å². The van der Waals surface area contributed by atoms with Crippen molar-refractivity contribution in [1.82, 2.24) is 0 Å². The number of esters is 1. The van der Waals surface area contributed by atoms with Gasteiger partial charge in [0.1, 0.15) is 0 Å². The largest absolute Gasteiger partial charge is 0.466 e. The average molecular weight is 224 g/mol. The summed E-state index contributed by atoms with van der Waals surface area (Å²) in [5.41, 5.74) is 1.01. The molecule has 0 heterocycles. The third-order valence-corrected chi connectivity index (χ3v) is 3.00. The molecule has 1 unspecified atom stereocenters. The van der Waals surface area contributed by atoms with Crippen LogP contribution in [0.2, 0.25) is 0 Å². The first-order chi connectivity index (χ1) is 7.19. The van der Waals surface area contributed by atoms with Crippen molar-refractivity contribution in [3.63, 3.8) is 0 Å². The number of ether oxygens (including phenoxy) is 1. The van der Waals surface area contributed by atoms with Crippen LogP contribution in [0.25, 0.3) is 0 Å². The van der Waals surface area contributed by atoms with Crippen LogP contribution in [0, 0.1) is 0 Å². The van der Waals surface area contributed by atoms with Crippen molar-refractivity contribution in [3.8, 4) is 0 Å². The fourth-order valence-corrected chi connectivity index (χ4v) is 1.70. The van der Waals surface area contributed by atoms with Crippen LogP contribution in [-0.4, -0.2) is 18.8 Å². The molecule has 0 aliphatic rings. The summed E-state index contributed by atoms with van der Waals surface area (Å²) in [7, 11) is 0. The zero-order chi connectivity index (χ0) is 11.3. The summed E-state index contributed by atoms with van der Waals surface area (Å²) in [5.74, 6) is -0.338. The van der Waals surface area contributed by atoms with E-state index in [-0.39, 0.29) is 11.9 Å². The zero-order valence-corrected chi connectivity index (χ0v) is 10.1. The van der Waals surface area contributed by atoms with Crippen molar-refractivity contribution < 1.29 is 9.53 Å². The molecule has 0 radical (unpaired) electrons. The Morgan fingerprint density at radius 2 is 2.00 bits per heavy atom. The SMILES string of the molecule is CCOC(=O)C(C)c1ccc(SC)cc1. The second-order valence-corrected chi connectivity index (χ2v) is 4.13. The van der Waals surface area contributed by atoms with Gasteiger partial charge in [-0.2, -0.15) is 0 Å². The maximum atomic E-state index is 11.5. The lowest BCUT2D eigenvalue weighted by Crippen LogP contribution is -2.12. The molecule has 0 fully saturated rings. The Hall–Kier alpha value is -0.960. The molecule has 1 atom stereocenters.